The highest BCUT2D eigenvalue weighted by molar-refractivity contribution is 5.82. The van der Waals surface area contributed by atoms with Crippen LogP contribution in [0.1, 0.15) is 19.4 Å². The van der Waals surface area contributed by atoms with Crippen LogP contribution in [0.2, 0.25) is 0 Å². The van der Waals surface area contributed by atoms with Gasteiger partial charge in [0.05, 0.1) is 7.11 Å². The van der Waals surface area contributed by atoms with E-state index in [4.69, 9.17) is 9.47 Å². The minimum atomic E-state index is -0.784. The first-order valence-electron chi connectivity index (χ1n) is 5.60. The Morgan fingerprint density at radius 3 is 2.72 bits per heavy atom. The maximum atomic E-state index is 11.6. The van der Waals surface area contributed by atoms with Crippen LogP contribution in [-0.2, 0) is 20.9 Å². The monoisotopic (exact) mass is 251 g/mol. The van der Waals surface area contributed by atoms with Gasteiger partial charge in [0.15, 0.2) is 6.10 Å². The van der Waals surface area contributed by atoms with Gasteiger partial charge >= 0.3 is 5.97 Å². The molecule has 1 N–H and O–H groups in total. The molecule has 5 heteroatoms. The van der Waals surface area contributed by atoms with Crippen molar-refractivity contribution in [1.82, 2.24) is 5.32 Å². The Bertz CT molecular complexity index is 431. The van der Waals surface area contributed by atoms with Crippen LogP contribution in [0.25, 0.3) is 0 Å². The summed E-state index contributed by atoms with van der Waals surface area (Å²) in [4.78, 5) is 22.3. The Kier molecular flexibility index (Phi) is 5.17. The molecule has 0 radical (unpaired) electrons. The van der Waals surface area contributed by atoms with Gasteiger partial charge in [0.2, 0.25) is 0 Å². The van der Waals surface area contributed by atoms with Crippen LogP contribution in [0.4, 0.5) is 0 Å². The van der Waals surface area contributed by atoms with Crippen molar-refractivity contribution in [1.29, 1.82) is 0 Å². The number of carbonyl (C=O) groups excluding carboxylic acids is 2. The molecule has 0 aliphatic rings. The topological polar surface area (TPSA) is 64.6 Å². The van der Waals surface area contributed by atoms with Gasteiger partial charge in [-0.1, -0.05) is 12.1 Å². The maximum absolute atomic E-state index is 11.6. The molecule has 1 aromatic rings. The zero-order chi connectivity index (χ0) is 13.5. The molecule has 0 heterocycles. The van der Waals surface area contributed by atoms with E-state index in [9.17, 15) is 9.59 Å². The molecule has 0 fully saturated rings. The number of methoxy groups -OCH3 is 1. The molecule has 98 valence electrons. The average Bonchev–Trinajstić information content (AvgIpc) is 2.35. The summed E-state index contributed by atoms with van der Waals surface area (Å²) in [7, 11) is 1.58. The summed E-state index contributed by atoms with van der Waals surface area (Å²) in [6.07, 6.45) is -0.784. The van der Waals surface area contributed by atoms with Gasteiger partial charge in [-0.3, -0.25) is 9.59 Å². The zero-order valence-electron chi connectivity index (χ0n) is 10.7. The van der Waals surface area contributed by atoms with E-state index in [1.165, 1.54) is 13.8 Å². The second-order valence-corrected chi connectivity index (χ2v) is 3.82. The SMILES string of the molecule is COc1cccc(CNC(=O)[C@H](C)OC(C)=O)c1. The van der Waals surface area contributed by atoms with Gasteiger partial charge in [0, 0.05) is 13.5 Å². The number of amides is 1. The van der Waals surface area contributed by atoms with E-state index in [1.807, 2.05) is 24.3 Å². The Balaban J connectivity index is 2.49. The highest BCUT2D eigenvalue weighted by atomic mass is 16.5. The normalized spacial score (nSPS) is 11.5. The number of esters is 1. The van der Waals surface area contributed by atoms with E-state index < -0.39 is 12.1 Å². The Morgan fingerprint density at radius 2 is 2.11 bits per heavy atom. The number of nitrogens with one attached hydrogen (secondary N) is 1. The van der Waals surface area contributed by atoms with Crippen LogP contribution in [-0.4, -0.2) is 25.1 Å². The lowest BCUT2D eigenvalue weighted by atomic mass is 10.2. The molecule has 1 aromatic carbocycles. The number of benzene rings is 1. The summed E-state index contributed by atoms with van der Waals surface area (Å²) in [5.74, 6) is -0.0677. The highest BCUT2D eigenvalue weighted by Crippen LogP contribution is 2.12. The molecule has 0 aromatic heterocycles. The van der Waals surface area contributed by atoms with Gasteiger partial charge < -0.3 is 14.8 Å². The van der Waals surface area contributed by atoms with Crippen LogP contribution in [0.15, 0.2) is 24.3 Å². The summed E-state index contributed by atoms with van der Waals surface area (Å²) in [5.41, 5.74) is 0.915. The van der Waals surface area contributed by atoms with Crippen LogP contribution in [0, 0.1) is 0 Å². The third-order valence-electron chi connectivity index (χ3n) is 2.31. The lowest BCUT2D eigenvalue weighted by Gasteiger charge is -2.12. The number of carbonyl (C=O) groups is 2. The summed E-state index contributed by atoms with van der Waals surface area (Å²) in [6, 6.07) is 7.37. The summed E-state index contributed by atoms with van der Waals surface area (Å²) in [6.45, 7) is 3.16. The number of hydrogen-bond acceptors (Lipinski definition) is 4. The van der Waals surface area contributed by atoms with Crippen molar-refractivity contribution < 1.29 is 19.1 Å². The molecule has 0 bridgehead atoms. The molecular weight excluding hydrogens is 234 g/mol. The molecule has 5 nitrogen and oxygen atoms in total. The van der Waals surface area contributed by atoms with Crippen LogP contribution < -0.4 is 10.1 Å². The average molecular weight is 251 g/mol. The molecule has 0 unspecified atom stereocenters. The first kappa shape index (κ1) is 14.0. The maximum Gasteiger partial charge on any atom is 0.303 e. The second-order valence-electron chi connectivity index (χ2n) is 3.82. The van der Waals surface area contributed by atoms with E-state index in [0.29, 0.717) is 6.54 Å². The van der Waals surface area contributed by atoms with Crippen molar-refractivity contribution >= 4 is 11.9 Å². The fourth-order valence-electron chi connectivity index (χ4n) is 1.42. The number of rotatable bonds is 5. The van der Waals surface area contributed by atoms with Crippen LogP contribution in [0.5, 0.6) is 5.75 Å². The predicted octanol–water partition coefficient (Wildman–Crippen LogP) is 1.26. The van der Waals surface area contributed by atoms with Crippen molar-refractivity contribution in [2.45, 2.75) is 26.5 Å². The van der Waals surface area contributed by atoms with Gasteiger partial charge in [0.1, 0.15) is 5.75 Å². The van der Waals surface area contributed by atoms with Crippen molar-refractivity contribution in [3.63, 3.8) is 0 Å². The summed E-state index contributed by atoms with van der Waals surface area (Å²) in [5, 5.41) is 2.68. The zero-order valence-corrected chi connectivity index (χ0v) is 10.7. The lowest BCUT2D eigenvalue weighted by molar-refractivity contribution is -0.152. The van der Waals surface area contributed by atoms with Gasteiger partial charge in [-0.15, -0.1) is 0 Å². The fraction of sp³-hybridized carbons (Fsp3) is 0.385. The molecule has 1 atom stereocenters. The second kappa shape index (κ2) is 6.64. The predicted molar refractivity (Wildman–Crippen MR) is 66.1 cm³/mol. The molecule has 1 amide bonds. The molecule has 1 rings (SSSR count). The van der Waals surface area contributed by atoms with Crippen molar-refractivity contribution in [2.75, 3.05) is 7.11 Å². The molecular formula is C13H17NO4. The van der Waals surface area contributed by atoms with Crippen molar-refractivity contribution in [3.05, 3.63) is 29.8 Å². The first-order chi connectivity index (χ1) is 8.52. The van der Waals surface area contributed by atoms with Gasteiger partial charge in [-0.25, -0.2) is 0 Å². The fourth-order valence-corrected chi connectivity index (χ4v) is 1.42. The summed E-state index contributed by atoms with van der Waals surface area (Å²) < 4.78 is 9.85. The Hall–Kier alpha value is -2.04. The quantitative estimate of drug-likeness (QED) is 0.800. The van der Waals surface area contributed by atoms with E-state index in [1.54, 1.807) is 7.11 Å². The Labute approximate surface area is 106 Å². The van der Waals surface area contributed by atoms with Crippen molar-refractivity contribution in [3.8, 4) is 5.75 Å². The third-order valence-corrected chi connectivity index (χ3v) is 2.31. The largest absolute Gasteiger partial charge is 0.497 e. The smallest absolute Gasteiger partial charge is 0.303 e. The molecule has 0 aliphatic heterocycles. The summed E-state index contributed by atoms with van der Waals surface area (Å²) >= 11 is 0. The molecule has 0 saturated heterocycles. The van der Waals surface area contributed by atoms with Crippen molar-refractivity contribution in [2.24, 2.45) is 0 Å². The molecule has 0 spiro atoms. The van der Waals surface area contributed by atoms with E-state index in [-0.39, 0.29) is 5.91 Å². The van der Waals surface area contributed by atoms with E-state index in [0.717, 1.165) is 11.3 Å². The van der Waals surface area contributed by atoms with E-state index >= 15 is 0 Å². The Morgan fingerprint density at radius 1 is 1.39 bits per heavy atom. The van der Waals surface area contributed by atoms with Gasteiger partial charge in [-0.2, -0.15) is 0 Å². The minimum Gasteiger partial charge on any atom is -0.497 e. The van der Waals surface area contributed by atoms with E-state index in [2.05, 4.69) is 5.32 Å². The minimum absolute atomic E-state index is 0.326. The first-order valence-corrected chi connectivity index (χ1v) is 5.60. The van der Waals surface area contributed by atoms with Crippen LogP contribution in [0.3, 0.4) is 0 Å². The number of ether oxygens (including phenoxy) is 2. The van der Waals surface area contributed by atoms with Crippen LogP contribution >= 0.6 is 0 Å². The highest BCUT2D eigenvalue weighted by Gasteiger charge is 2.14. The number of hydrogen-bond donors (Lipinski definition) is 1. The molecule has 0 aliphatic carbocycles. The molecule has 18 heavy (non-hydrogen) atoms. The van der Waals surface area contributed by atoms with Gasteiger partial charge in [-0.05, 0) is 24.6 Å². The standard InChI is InChI=1S/C13H17NO4/c1-9(18-10(2)15)13(16)14-8-11-5-4-6-12(7-11)17-3/h4-7,9H,8H2,1-3H3,(H,14,16)/t9-/m0/s1. The lowest BCUT2D eigenvalue weighted by Crippen LogP contribution is -2.35. The third kappa shape index (κ3) is 4.45. The van der Waals surface area contributed by atoms with Gasteiger partial charge in [0.25, 0.3) is 5.91 Å². The molecule has 0 saturated carbocycles.